The van der Waals surface area contributed by atoms with E-state index in [1.165, 1.54) is 0 Å². The first-order chi connectivity index (χ1) is 9.61. The van der Waals surface area contributed by atoms with Crippen LogP contribution in [0.3, 0.4) is 0 Å². The number of oxazole rings is 1. The van der Waals surface area contributed by atoms with Crippen molar-refractivity contribution in [1.29, 1.82) is 0 Å². The molecule has 1 heterocycles. The number of nitrogens with one attached hydrogen (secondary N) is 1. The number of amides is 1. The number of fused-ring (bicyclic) bond motifs is 1. The van der Waals surface area contributed by atoms with Gasteiger partial charge in [-0.15, -0.1) is 0 Å². The number of rotatable bonds is 5. The summed E-state index contributed by atoms with van der Waals surface area (Å²) >= 11 is 0. The highest BCUT2D eigenvalue weighted by atomic mass is 16.5. The summed E-state index contributed by atoms with van der Waals surface area (Å²) in [4.78, 5) is 16.2. The van der Waals surface area contributed by atoms with E-state index in [1.807, 2.05) is 32.0 Å². The van der Waals surface area contributed by atoms with Gasteiger partial charge in [0.25, 0.3) is 0 Å². The van der Waals surface area contributed by atoms with Crippen LogP contribution in [0.2, 0.25) is 0 Å². The van der Waals surface area contributed by atoms with E-state index < -0.39 is 0 Å². The molecule has 0 unspecified atom stereocenters. The Morgan fingerprint density at radius 1 is 1.50 bits per heavy atom. The maximum absolute atomic E-state index is 11.7. The van der Waals surface area contributed by atoms with Gasteiger partial charge >= 0.3 is 0 Å². The van der Waals surface area contributed by atoms with E-state index >= 15 is 0 Å². The molecule has 0 radical (unpaired) electrons. The minimum Gasteiger partial charge on any atom is -0.440 e. The predicted molar refractivity (Wildman–Crippen MR) is 75.7 cm³/mol. The molecule has 5 nitrogen and oxygen atoms in total. The van der Waals surface area contributed by atoms with Gasteiger partial charge in [0.1, 0.15) is 12.1 Å². The van der Waals surface area contributed by atoms with Crippen molar-refractivity contribution in [3.8, 4) is 0 Å². The van der Waals surface area contributed by atoms with Gasteiger partial charge < -0.3 is 14.5 Å². The summed E-state index contributed by atoms with van der Waals surface area (Å²) in [5, 5.41) is 2.80. The minimum atomic E-state index is -0.163. The van der Waals surface area contributed by atoms with Gasteiger partial charge in [-0.25, -0.2) is 4.98 Å². The molecular formula is C15H18N2O3. The summed E-state index contributed by atoms with van der Waals surface area (Å²) in [6, 6.07) is 5.49. The molecular weight excluding hydrogens is 256 g/mol. The Hall–Kier alpha value is -1.88. The van der Waals surface area contributed by atoms with Crippen LogP contribution in [0, 0.1) is 0 Å². The Morgan fingerprint density at radius 3 is 3.00 bits per heavy atom. The van der Waals surface area contributed by atoms with E-state index in [1.54, 1.807) is 0 Å². The molecule has 20 heavy (non-hydrogen) atoms. The van der Waals surface area contributed by atoms with Gasteiger partial charge in [-0.1, -0.05) is 0 Å². The van der Waals surface area contributed by atoms with Crippen molar-refractivity contribution in [2.45, 2.75) is 38.7 Å². The molecule has 1 N–H and O–H groups in total. The summed E-state index contributed by atoms with van der Waals surface area (Å²) in [5.41, 5.74) is 2.27. The number of anilines is 1. The number of carbonyl (C=O) groups excluding carboxylic acids is 1. The lowest BCUT2D eigenvalue weighted by Crippen LogP contribution is -2.20. The zero-order valence-electron chi connectivity index (χ0n) is 11.7. The molecule has 0 bridgehead atoms. The molecule has 0 saturated heterocycles. The van der Waals surface area contributed by atoms with Crippen LogP contribution >= 0.6 is 0 Å². The molecule has 1 aliphatic rings. The van der Waals surface area contributed by atoms with Crippen molar-refractivity contribution in [2.75, 3.05) is 11.9 Å². The van der Waals surface area contributed by atoms with Crippen LogP contribution in [-0.2, 0) is 9.53 Å². The van der Waals surface area contributed by atoms with Gasteiger partial charge in [-0.3, -0.25) is 4.79 Å². The standard InChI is InChI=1S/C15H18N2O3/c1-9(2)19-8-14(18)16-11-5-6-13-12(7-11)17-15(20-13)10-3-4-10/h5-7,9-10H,3-4,8H2,1-2H3,(H,16,18). The smallest absolute Gasteiger partial charge is 0.250 e. The van der Waals surface area contributed by atoms with Gasteiger partial charge in [0.05, 0.1) is 6.10 Å². The summed E-state index contributed by atoms with van der Waals surface area (Å²) < 4.78 is 10.9. The molecule has 1 fully saturated rings. The first-order valence-electron chi connectivity index (χ1n) is 6.94. The van der Waals surface area contributed by atoms with Crippen molar-refractivity contribution >= 4 is 22.7 Å². The zero-order chi connectivity index (χ0) is 14.1. The number of aromatic nitrogens is 1. The highest BCUT2D eigenvalue weighted by Gasteiger charge is 2.28. The lowest BCUT2D eigenvalue weighted by molar-refractivity contribution is -0.121. The SMILES string of the molecule is CC(C)OCC(=O)Nc1ccc2oc(C3CC3)nc2c1. The van der Waals surface area contributed by atoms with Crippen molar-refractivity contribution in [3.05, 3.63) is 24.1 Å². The topological polar surface area (TPSA) is 64.4 Å². The van der Waals surface area contributed by atoms with Crippen LogP contribution in [0.1, 0.15) is 38.5 Å². The lowest BCUT2D eigenvalue weighted by atomic mass is 10.3. The van der Waals surface area contributed by atoms with Gasteiger partial charge in [-0.05, 0) is 44.9 Å². The van der Waals surface area contributed by atoms with Crippen LogP contribution < -0.4 is 5.32 Å². The van der Waals surface area contributed by atoms with Crippen molar-refractivity contribution in [2.24, 2.45) is 0 Å². The number of hydrogen-bond acceptors (Lipinski definition) is 4. The van der Waals surface area contributed by atoms with E-state index in [-0.39, 0.29) is 18.6 Å². The van der Waals surface area contributed by atoms with E-state index in [0.717, 1.165) is 29.8 Å². The fraction of sp³-hybridized carbons (Fsp3) is 0.467. The molecule has 3 rings (SSSR count). The molecule has 0 spiro atoms. The third-order valence-electron chi connectivity index (χ3n) is 3.16. The van der Waals surface area contributed by atoms with Crippen LogP contribution in [0.5, 0.6) is 0 Å². The molecule has 0 atom stereocenters. The van der Waals surface area contributed by atoms with E-state index in [4.69, 9.17) is 9.15 Å². The van der Waals surface area contributed by atoms with Crippen LogP contribution in [-0.4, -0.2) is 23.6 Å². The Kier molecular flexibility index (Phi) is 3.44. The number of nitrogens with zero attached hydrogens (tertiary/aromatic N) is 1. The summed E-state index contributed by atoms with van der Waals surface area (Å²) in [7, 11) is 0. The van der Waals surface area contributed by atoms with Crippen molar-refractivity contribution in [3.63, 3.8) is 0 Å². The second-order valence-electron chi connectivity index (χ2n) is 5.42. The summed E-state index contributed by atoms with van der Waals surface area (Å²) in [6.45, 7) is 3.85. The number of hydrogen-bond donors (Lipinski definition) is 1. The minimum absolute atomic E-state index is 0.0415. The number of carbonyl (C=O) groups is 1. The number of ether oxygens (including phenoxy) is 1. The Balaban J connectivity index is 1.70. The van der Waals surface area contributed by atoms with Gasteiger partial charge in [0.15, 0.2) is 11.5 Å². The largest absolute Gasteiger partial charge is 0.440 e. The Bertz CT molecular complexity index is 629. The Morgan fingerprint density at radius 2 is 2.30 bits per heavy atom. The fourth-order valence-electron chi connectivity index (χ4n) is 1.97. The summed E-state index contributed by atoms with van der Waals surface area (Å²) in [5.74, 6) is 1.13. The fourth-order valence-corrected chi connectivity index (χ4v) is 1.97. The molecule has 1 saturated carbocycles. The molecule has 1 aliphatic carbocycles. The third kappa shape index (κ3) is 2.99. The maximum Gasteiger partial charge on any atom is 0.250 e. The predicted octanol–water partition coefficient (Wildman–Crippen LogP) is 3.07. The molecule has 5 heteroatoms. The van der Waals surface area contributed by atoms with E-state index in [2.05, 4.69) is 10.3 Å². The lowest BCUT2D eigenvalue weighted by Gasteiger charge is -2.08. The molecule has 1 amide bonds. The highest BCUT2D eigenvalue weighted by Crippen LogP contribution is 2.40. The second kappa shape index (κ2) is 5.25. The van der Waals surface area contributed by atoms with Crippen LogP contribution in [0.25, 0.3) is 11.1 Å². The number of benzene rings is 1. The van der Waals surface area contributed by atoms with Crippen molar-refractivity contribution < 1.29 is 13.9 Å². The van der Waals surface area contributed by atoms with Crippen molar-refractivity contribution in [1.82, 2.24) is 4.98 Å². The monoisotopic (exact) mass is 274 g/mol. The van der Waals surface area contributed by atoms with E-state index in [9.17, 15) is 4.79 Å². The highest BCUT2D eigenvalue weighted by molar-refractivity contribution is 5.93. The second-order valence-corrected chi connectivity index (χ2v) is 5.42. The average molecular weight is 274 g/mol. The zero-order valence-corrected chi connectivity index (χ0v) is 11.7. The third-order valence-corrected chi connectivity index (χ3v) is 3.16. The molecule has 2 aromatic rings. The van der Waals surface area contributed by atoms with Crippen LogP contribution in [0.4, 0.5) is 5.69 Å². The Labute approximate surface area is 117 Å². The summed E-state index contributed by atoms with van der Waals surface area (Å²) in [6.07, 6.45) is 2.35. The first-order valence-corrected chi connectivity index (χ1v) is 6.94. The van der Waals surface area contributed by atoms with Gasteiger partial charge in [-0.2, -0.15) is 0 Å². The normalized spacial score (nSPS) is 14.9. The molecule has 1 aromatic carbocycles. The molecule has 106 valence electrons. The maximum atomic E-state index is 11.7. The van der Waals surface area contributed by atoms with Gasteiger partial charge in [0.2, 0.25) is 5.91 Å². The average Bonchev–Trinajstić information content (AvgIpc) is 3.16. The quantitative estimate of drug-likeness (QED) is 0.910. The van der Waals surface area contributed by atoms with Crippen LogP contribution in [0.15, 0.2) is 22.6 Å². The molecule has 0 aliphatic heterocycles. The first kappa shape index (κ1) is 13.1. The van der Waals surface area contributed by atoms with E-state index in [0.29, 0.717) is 11.6 Å². The van der Waals surface area contributed by atoms with Gasteiger partial charge in [0, 0.05) is 11.6 Å². The molecule has 1 aromatic heterocycles.